The number of benzene rings is 1. The van der Waals surface area contributed by atoms with Crippen LogP contribution in [0.1, 0.15) is 0 Å². The van der Waals surface area contributed by atoms with Gasteiger partial charge in [0.15, 0.2) is 0 Å². The lowest BCUT2D eigenvalue weighted by atomic mass is 10.2. The zero-order chi connectivity index (χ0) is 12.4. The fourth-order valence-corrected chi connectivity index (χ4v) is 1.81. The van der Waals surface area contributed by atoms with Crippen molar-refractivity contribution >= 4 is 15.9 Å². The van der Waals surface area contributed by atoms with Crippen molar-refractivity contribution in [3.63, 3.8) is 0 Å². The smallest absolute Gasteiger partial charge is 0.258 e. The van der Waals surface area contributed by atoms with Crippen molar-refractivity contribution in [1.29, 1.82) is 0 Å². The van der Waals surface area contributed by atoms with Gasteiger partial charge in [-0.25, -0.2) is 0 Å². The van der Waals surface area contributed by atoms with Crippen LogP contribution in [-0.2, 0) is 0 Å². The Morgan fingerprint density at radius 1 is 1.00 bits per heavy atom. The molecule has 0 amide bonds. The Morgan fingerprint density at radius 2 is 1.83 bits per heavy atom. The van der Waals surface area contributed by atoms with E-state index in [1.807, 2.05) is 36.4 Å². The third-order valence-corrected chi connectivity index (χ3v) is 2.97. The monoisotopic (exact) mass is 301 g/mol. The molecule has 88 valence electrons. The van der Waals surface area contributed by atoms with Crippen LogP contribution in [0, 0.1) is 0 Å². The van der Waals surface area contributed by atoms with Crippen LogP contribution in [-0.4, -0.2) is 15.1 Å². The normalized spacial score (nSPS) is 10.5. The third kappa shape index (κ3) is 2.17. The van der Waals surface area contributed by atoms with Crippen LogP contribution in [0.4, 0.5) is 0 Å². The van der Waals surface area contributed by atoms with Gasteiger partial charge in [-0.15, -0.1) is 0 Å². The first-order chi connectivity index (χ1) is 8.83. The first kappa shape index (κ1) is 11.1. The van der Waals surface area contributed by atoms with Gasteiger partial charge in [0.05, 0.1) is 0 Å². The Labute approximate surface area is 112 Å². The lowest BCUT2D eigenvalue weighted by Crippen LogP contribution is -1.81. The number of aromatic nitrogens is 3. The Kier molecular flexibility index (Phi) is 2.90. The fourth-order valence-electron chi connectivity index (χ4n) is 1.55. The predicted molar refractivity (Wildman–Crippen MR) is 70.7 cm³/mol. The molecule has 3 rings (SSSR count). The molecule has 0 N–H and O–H groups in total. The minimum atomic E-state index is 0.501. The van der Waals surface area contributed by atoms with Gasteiger partial charge < -0.3 is 4.52 Å². The van der Waals surface area contributed by atoms with Crippen molar-refractivity contribution < 1.29 is 4.52 Å². The van der Waals surface area contributed by atoms with E-state index in [-0.39, 0.29) is 0 Å². The maximum atomic E-state index is 5.24. The molecule has 0 saturated carbocycles. The molecule has 0 bridgehead atoms. The van der Waals surface area contributed by atoms with Crippen molar-refractivity contribution in [2.24, 2.45) is 0 Å². The quantitative estimate of drug-likeness (QED) is 0.726. The number of pyridine rings is 1. The molecule has 0 aliphatic heterocycles. The second kappa shape index (κ2) is 4.70. The highest BCUT2D eigenvalue weighted by Crippen LogP contribution is 2.22. The van der Waals surface area contributed by atoms with Gasteiger partial charge in [-0.3, -0.25) is 4.98 Å². The van der Waals surface area contributed by atoms with Gasteiger partial charge in [0.25, 0.3) is 5.89 Å². The molecular weight excluding hydrogens is 294 g/mol. The van der Waals surface area contributed by atoms with Gasteiger partial charge in [0.1, 0.15) is 0 Å². The minimum absolute atomic E-state index is 0.501. The van der Waals surface area contributed by atoms with E-state index in [0.29, 0.717) is 11.7 Å². The third-order valence-electron chi connectivity index (χ3n) is 2.44. The number of hydrogen-bond acceptors (Lipinski definition) is 4. The number of halogens is 1. The lowest BCUT2D eigenvalue weighted by Gasteiger charge is -1.93. The highest BCUT2D eigenvalue weighted by Gasteiger charge is 2.10. The zero-order valence-corrected chi connectivity index (χ0v) is 10.8. The molecule has 0 unspecified atom stereocenters. The highest BCUT2D eigenvalue weighted by atomic mass is 79.9. The van der Waals surface area contributed by atoms with Gasteiger partial charge in [-0.2, -0.15) is 4.98 Å². The van der Waals surface area contributed by atoms with Crippen molar-refractivity contribution in [2.75, 3.05) is 0 Å². The van der Waals surface area contributed by atoms with Crippen molar-refractivity contribution in [3.8, 4) is 22.8 Å². The van der Waals surface area contributed by atoms with Gasteiger partial charge in [-0.1, -0.05) is 21.1 Å². The average molecular weight is 302 g/mol. The van der Waals surface area contributed by atoms with E-state index in [4.69, 9.17) is 4.52 Å². The minimum Gasteiger partial charge on any atom is -0.334 e. The first-order valence-corrected chi connectivity index (χ1v) is 6.12. The van der Waals surface area contributed by atoms with E-state index >= 15 is 0 Å². The molecule has 5 heteroatoms. The summed E-state index contributed by atoms with van der Waals surface area (Å²) in [5.74, 6) is 1.04. The maximum absolute atomic E-state index is 5.24. The molecule has 3 aromatic rings. The zero-order valence-electron chi connectivity index (χ0n) is 9.25. The Balaban J connectivity index is 1.97. The van der Waals surface area contributed by atoms with Crippen molar-refractivity contribution in [1.82, 2.24) is 15.1 Å². The van der Waals surface area contributed by atoms with E-state index in [0.717, 1.165) is 15.6 Å². The second-order valence-corrected chi connectivity index (χ2v) is 4.59. The molecule has 0 atom stereocenters. The number of hydrogen-bond donors (Lipinski definition) is 0. The number of nitrogens with zero attached hydrogens (tertiary/aromatic N) is 3. The molecule has 0 radical (unpaired) electrons. The van der Waals surface area contributed by atoms with Crippen LogP contribution in [0.5, 0.6) is 0 Å². The molecule has 1 aromatic carbocycles. The summed E-state index contributed by atoms with van der Waals surface area (Å²) in [5.41, 5.74) is 1.73. The van der Waals surface area contributed by atoms with Crippen molar-refractivity contribution in [2.45, 2.75) is 0 Å². The summed E-state index contributed by atoms with van der Waals surface area (Å²) >= 11 is 3.39. The van der Waals surface area contributed by atoms with Crippen LogP contribution in [0.2, 0.25) is 0 Å². The van der Waals surface area contributed by atoms with E-state index in [9.17, 15) is 0 Å². The molecule has 0 aliphatic rings. The van der Waals surface area contributed by atoms with E-state index in [1.54, 1.807) is 12.4 Å². The van der Waals surface area contributed by atoms with Crippen molar-refractivity contribution in [3.05, 3.63) is 53.3 Å². The largest absolute Gasteiger partial charge is 0.334 e. The standard InChI is InChI=1S/C13H8BrN3O/c14-11-5-3-9(4-6-11)13-16-12(17-18-13)10-2-1-7-15-8-10/h1-8H. The Morgan fingerprint density at radius 3 is 2.56 bits per heavy atom. The maximum Gasteiger partial charge on any atom is 0.258 e. The van der Waals surface area contributed by atoms with Crippen LogP contribution in [0.25, 0.3) is 22.8 Å². The SMILES string of the molecule is Brc1ccc(-c2nc(-c3cccnc3)no2)cc1. The summed E-state index contributed by atoms with van der Waals surface area (Å²) in [5, 5.41) is 3.95. The summed E-state index contributed by atoms with van der Waals surface area (Å²) in [4.78, 5) is 8.37. The summed E-state index contributed by atoms with van der Waals surface area (Å²) in [6.45, 7) is 0. The fraction of sp³-hybridized carbons (Fsp3) is 0. The molecule has 0 fully saturated rings. The molecule has 2 heterocycles. The van der Waals surface area contributed by atoms with E-state index < -0.39 is 0 Å². The first-order valence-electron chi connectivity index (χ1n) is 5.33. The van der Waals surface area contributed by atoms with Gasteiger partial charge in [0, 0.05) is 28.0 Å². The summed E-state index contributed by atoms with van der Waals surface area (Å²) in [6.07, 6.45) is 3.41. The molecule has 4 nitrogen and oxygen atoms in total. The van der Waals surface area contributed by atoms with Crippen LogP contribution >= 0.6 is 15.9 Å². The number of rotatable bonds is 2. The molecule has 0 aliphatic carbocycles. The topological polar surface area (TPSA) is 51.8 Å². The molecule has 18 heavy (non-hydrogen) atoms. The Bertz CT molecular complexity index is 650. The highest BCUT2D eigenvalue weighted by molar-refractivity contribution is 9.10. The Hall–Kier alpha value is -2.01. The molecule has 2 aromatic heterocycles. The predicted octanol–water partition coefficient (Wildman–Crippen LogP) is 3.56. The summed E-state index contributed by atoms with van der Waals surface area (Å²) in [6, 6.07) is 11.4. The van der Waals surface area contributed by atoms with Crippen LogP contribution in [0.3, 0.4) is 0 Å². The lowest BCUT2D eigenvalue weighted by molar-refractivity contribution is 0.432. The van der Waals surface area contributed by atoms with Crippen LogP contribution in [0.15, 0.2) is 57.8 Å². The molecule has 0 saturated heterocycles. The summed E-state index contributed by atoms with van der Waals surface area (Å²) in [7, 11) is 0. The van der Waals surface area contributed by atoms with E-state index in [1.165, 1.54) is 0 Å². The van der Waals surface area contributed by atoms with E-state index in [2.05, 4.69) is 31.1 Å². The van der Waals surface area contributed by atoms with Crippen LogP contribution < -0.4 is 0 Å². The molecular formula is C13H8BrN3O. The van der Waals surface area contributed by atoms with Gasteiger partial charge in [-0.05, 0) is 36.4 Å². The van der Waals surface area contributed by atoms with Gasteiger partial charge in [0.2, 0.25) is 5.82 Å². The average Bonchev–Trinajstić information content (AvgIpc) is 2.90. The molecule has 0 spiro atoms. The summed E-state index contributed by atoms with van der Waals surface area (Å²) < 4.78 is 6.25. The second-order valence-electron chi connectivity index (χ2n) is 3.67. The van der Waals surface area contributed by atoms with Gasteiger partial charge >= 0.3 is 0 Å².